The van der Waals surface area contributed by atoms with Gasteiger partial charge in [-0.15, -0.1) is 0 Å². The molecular formula is C10H10NP. The minimum Gasteiger partial charge on any atom is -0.361 e. The average Bonchev–Trinajstić information content (AvgIpc) is 2.59. The van der Waals surface area contributed by atoms with Crippen LogP contribution in [0.1, 0.15) is 0 Å². The van der Waals surface area contributed by atoms with Gasteiger partial charge in [-0.05, 0) is 26.0 Å². The maximum atomic E-state index is 3.20. The molecule has 0 saturated carbocycles. The lowest BCUT2D eigenvalue weighted by Crippen LogP contribution is -2.02. The molecule has 1 nitrogen and oxygen atoms in total. The second kappa shape index (κ2) is 3.55. The Balaban J connectivity index is 2.15. The summed E-state index contributed by atoms with van der Waals surface area (Å²) in [6.45, 7) is 0. The molecule has 0 spiro atoms. The van der Waals surface area contributed by atoms with Crippen molar-refractivity contribution in [1.29, 1.82) is 0 Å². The zero-order valence-electron chi connectivity index (χ0n) is 6.62. The Labute approximate surface area is 73.6 Å². The summed E-state index contributed by atoms with van der Waals surface area (Å²) in [5.74, 6) is 0. The van der Waals surface area contributed by atoms with Crippen LogP contribution >= 0.6 is 8.58 Å². The molecule has 1 aromatic heterocycles. The van der Waals surface area contributed by atoms with Gasteiger partial charge in [0.1, 0.15) is 0 Å². The van der Waals surface area contributed by atoms with Crippen LogP contribution in [0.5, 0.6) is 0 Å². The van der Waals surface area contributed by atoms with Crippen LogP contribution in [0.15, 0.2) is 48.7 Å². The molecule has 0 radical (unpaired) electrons. The van der Waals surface area contributed by atoms with E-state index in [4.69, 9.17) is 0 Å². The van der Waals surface area contributed by atoms with Gasteiger partial charge in [-0.1, -0.05) is 30.3 Å². The SMILES string of the molecule is c1ccc(Pc2ccc[nH]2)cc1. The molecule has 2 heteroatoms. The van der Waals surface area contributed by atoms with Crippen molar-refractivity contribution in [3.05, 3.63) is 48.7 Å². The number of rotatable bonds is 2. The third kappa shape index (κ3) is 1.75. The standard InChI is InChI=1S/C10H10NP/c1-2-5-9(6-3-1)12-10-7-4-8-11-10/h1-8,11-12H. The highest BCUT2D eigenvalue weighted by Crippen LogP contribution is 2.07. The lowest BCUT2D eigenvalue weighted by molar-refractivity contribution is 1.47. The van der Waals surface area contributed by atoms with Crippen LogP contribution in [0.2, 0.25) is 0 Å². The van der Waals surface area contributed by atoms with Crippen molar-refractivity contribution in [2.75, 3.05) is 0 Å². The molecule has 0 aliphatic heterocycles. The summed E-state index contributed by atoms with van der Waals surface area (Å²) in [5.41, 5.74) is 1.29. The summed E-state index contributed by atoms with van der Waals surface area (Å²) in [6, 6.07) is 14.6. The molecule has 1 heterocycles. The first kappa shape index (κ1) is 7.57. The van der Waals surface area contributed by atoms with E-state index in [2.05, 4.69) is 35.3 Å². The van der Waals surface area contributed by atoms with Gasteiger partial charge in [-0.3, -0.25) is 0 Å². The van der Waals surface area contributed by atoms with Gasteiger partial charge in [0.25, 0.3) is 0 Å². The van der Waals surface area contributed by atoms with E-state index in [0.29, 0.717) is 0 Å². The van der Waals surface area contributed by atoms with Crippen molar-refractivity contribution in [3.8, 4) is 0 Å². The number of hydrogen-bond donors (Lipinski definition) is 1. The van der Waals surface area contributed by atoms with Gasteiger partial charge in [0, 0.05) is 11.6 Å². The minimum atomic E-state index is 0.746. The summed E-state index contributed by atoms with van der Waals surface area (Å²) in [5, 5.41) is 1.37. The highest BCUT2D eigenvalue weighted by molar-refractivity contribution is 7.55. The van der Waals surface area contributed by atoms with Crippen molar-refractivity contribution in [2.24, 2.45) is 0 Å². The third-order valence-corrected chi connectivity index (χ3v) is 2.85. The molecule has 0 fully saturated rings. The fourth-order valence-electron chi connectivity index (χ4n) is 1.09. The zero-order chi connectivity index (χ0) is 8.23. The topological polar surface area (TPSA) is 15.8 Å². The van der Waals surface area contributed by atoms with Crippen molar-refractivity contribution in [1.82, 2.24) is 4.98 Å². The van der Waals surface area contributed by atoms with Gasteiger partial charge in [-0.2, -0.15) is 0 Å². The van der Waals surface area contributed by atoms with Crippen LogP contribution in [-0.4, -0.2) is 4.98 Å². The van der Waals surface area contributed by atoms with Gasteiger partial charge in [0.2, 0.25) is 0 Å². The first-order valence-corrected chi connectivity index (χ1v) is 4.90. The smallest absolute Gasteiger partial charge is 0.0398 e. The van der Waals surface area contributed by atoms with Crippen LogP contribution in [0.4, 0.5) is 0 Å². The summed E-state index contributed by atoms with van der Waals surface area (Å²) in [6.07, 6.45) is 1.96. The van der Waals surface area contributed by atoms with E-state index in [1.807, 2.05) is 18.3 Å². The van der Waals surface area contributed by atoms with Gasteiger partial charge in [0.05, 0.1) is 0 Å². The Kier molecular flexibility index (Phi) is 2.24. The second-order valence-corrected chi connectivity index (χ2v) is 3.94. The summed E-state index contributed by atoms with van der Waals surface area (Å²) in [4.78, 5) is 3.20. The van der Waals surface area contributed by atoms with Crippen LogP contribution in [-0.2, 0) is 0 Å². The number of hydrogen-bond acceptors (Lipinski definition) is 0. The zero-order valence-corrected chi connectivity index (χ0v) is 7.62. The van der Waals surface area contributed by atoms with Gasteiger partial charge < -0.3 is 4.98 Å². The summed E-state index contributed by atoms with van der Waals surface area (Å²) < 4.78 is 0. The van der Waals surface area contributed by atoms with Crippen molar-refractivity contribution in [3.63, 3.8) is 0 Å². The fourth-order valence-corrected chi connectivity index (χ4v) is 2.09. The Morgan fingerprint density at radius 2 is 1.75 bits per heavy atom. The van der Waals surface area contributed by atoms with Crippen molar-refractivity contribution in [2.45, 2.75) is 0 Å². The highest BCUT2D eigenvalue weighted by atomic mass is 31.1. The highest BCUT2D eigenvalue weighted by Gasteiger charge is 1.93. The molecule has 1 atom stereocenters. The average molecular weight is 175 g/mol. The molecule has 0 saturated heterocycles. The van der Waals surface area contributed by atoms with Gasteiger partial charge in [-0.25, -0.2) is 0 Å². The molecule has 0 amide bonds. The third-order valence-electron chi connectivity index (χ3n) is 1.65. The number of aromatic nitrogens is 1. The predicted octanol–water partition coefficient (Wildman–Crippen LogP) is 1.64. The number of benzene rings is 1. The van der Waals surface area contributed by atoms with Crippen LogP contribution in [0.25, 0.3) is 0 Å². The molecule has 1 N–H and O–H groups in total. The van der Waals surface area contributed by atoms with Crippen molar-refractivity contribution < 1.29 is 0 Å². The molecule has 2 rings (SSSR count). The minimum absolute atomic E-state index is 0.746. The molecule has 2 aromatic rings. The molecule has 1 aromatic carbocycles. The number of aromatic amines is 1. The first-order chi connectivity index (χ1) is 5.95. The monoisotopic (exact) mass is 175 g/mol. The summed E-state index contributed by atoms with van der Waals surface area (Å²) >= 11 is 0. The van der Waals surface area contributed by atoms with E-state index in [9.17, 15) is 0 Å². The van der Waals surface area contributed by atoms with E-state index >= 15 is 0 Å². The number of H-pyrrole nitrogens is 1. The molecule has 0 aliphatic rings. The fraction of sp³-hybridized carbons (Fsp3) is 0. The second-order valence-electron chi connectivity index (χ2n) is 2.57. The van der Waals surface area contributed by atoms with E-state index in [1.165, 1.54) is 10.7 Å². The van der Waals surface area contributed by atoms with Crippen LogP contribution < -0.4 is 10.7 Å². The maximum Gasteiger partial charge on any atom is 0.0398 e. The number of nitrogens with one attached hydrogen (secondary N) is 1. The van der Waals surface area contributed by atoms with Gasteiger partial charge >= 0.3 is 0 Å². The Morgan fingerprint density at radius 1 is 0.917 bits per heavy atom. The lowest BCUT2D eigenvalue weighted by atomic mass is 10.4. The Bertz CT molecular complexity index is 326. The van der Waals surface area contributed by atoms with Crippen LogP contribution in [0.3, 0.4) is 0 Å². The van der Waals surface area contributed by atoms with Crippen molar-refractivity contribution >= 4 is 19.3 Å². The lowest BCUT2D eigenvalue weighted by Gasteiger charge is -1.97. The van der Waals surface area contributed by atoms with E-state index in [-0.39, 0.29) is 0 Å². The largest absolute Gasteiger partial charge is 0.361 e. The van der Waals surface area contributed by atoms with Gasteiger partial charge in [0.15, 0.2) is 0 Å². The Hall–Kier alpha value is -1.07. The van der Waals surface area contributed by atoms with E-state index in [0.717, 1.165) is 8.58 Å². The molecule has 1 unspecified atom stereocenters. The molecular weight excluding hydrogens is 165 g/mol. The first-order valence-electron chi connectivity index (χ1n) is 3.90. The molecule has 0 bridgehead atoms. The van der Waals surface area contributed by atoms with Crippen LogP contribution in [0, 0.1) is 0 Å². The molecule has 12 heavy (non-hydrogen) atoms. The maximum absolute atomic E-state index is 3.20. The summed E-state index contributed by atoms with van der Waals surface area (Å²) in [7, 11) is 0.746. The van der Waals surface area contributed by atoms with E-state index < -0.39 is 0 Å². The molecule has 0 aliphatic carbocycles. The van der Waals surface area contributed by atoms with E-state index in [1.54, 1.807) is 0 Å². The Morgan fingerprint density at radius 3 is 2.42 bits per heavy atom. The normalized spacial score (nSPS) is 11.0. The predicted molar refractivity (Wildman–Crippen MR) is 54.8 cm³/mol. The quantitative estimate of drug-likeness (QED) is 0.668. The molecule has 60 valence electrons.